The fourth-order valence-corrected chi connectivity index (χ4v) is 2.94. The first-order chi connectivity index (χ1) is 11.6. The number of rotatable bonds is 7. The number of carbonyl (C=O) groups is 3. The lowest BCUT2D eigenvalue weighted by molar-refractivity contribution is -0.137. The lowest BCUT2D eigenvalue weighted by Crippen LogP contribution is -2.46. The van der Waals surface area contributed by atoms with E-state index in [4.69, 9.17) is 0 Å². The van der Waals surface area contributed by atoms with Gasteiger partial charge in [-0.15, -0.1) is 0 Å². The van der Waals surface area contributed by atoms with Crippen LogP contribution in [0.1, 0.15) is 49.0 Å². The molecule has 1 atom stereocenters. The van der Waals surface area contributed by atoms with Gasteiger partial charge in [-0.25, -0.2) is 0 Å². The van der Waals surface area contributed by atoms with Crippen LogP contribution in [0.4, 0.5) is 0 Å². The third-order valence-electron chi connectivity index (χ3n) is 4.17. The van der Waals surface area contributed by atoms with Crippen molar-refractivity contribution in [3.8, 4) is 0 Å². The second kappa shape index (κ2) is 8.47. The summed E-state index contributed by atoms with van der Waals surface area (Å²) >= 11 is 0. The molecule has 1 aromatic carbocycles. The number of hydrogen-bond acceptors (Lipinski definition) is 3. The summed E-state index contributed by atoms with van der Waals surface area (Å²) in [5, 5.41) is 5.63. The molecule has 0 aromatic heterocycles. The summed E-state index contributed by atoms with van der Waals surface area (Å²) in [4.78, 5) is 37.8. The molecule has 1 heterocycles. The highest BCUT2D eigenvalue weighted by atomic mass is 16.2. The van der Waals surface area contributed by atoms with Crippen molar-refractivity contribution in [3.63, 3.8) is 0 Å². The molecular weight excluding hydrogens is 306 g/mol. The van der Waals surface area contributed by atoms with Crippen LogP contribution < -0.4 is 10.6 Å². The monoisotopic (exact) mass is 331 g/mol. The Hall–Kier alpha value is -2.37. The summed E-state index contributed by atoms with van der Waals surface area (Å²) in [6.45, 7) is 5.34. The molecule has 1 aliphatic heterocycles. The zero-order valence-electron chi connectivity index (χ0n) is 14.3. The van der Waals surface area contributed by atoms with E-state index in [1.165, 1.54) is 0 Å². The van der Waals surface area contributed by atoms with Crippen molar-refractivity contribution in [1.29, 1.82) is 0 Å². The van der Waals surface area contributed by atoms with Crippen LogP contribution in [0.3, 0.4) is 0 Å². The smallest absolute Gasteiger partial charge is 0.251 e. The topological polar surface area (TPSA) is 78.5 Å². The maximum atomic E-state index is 12.4. The quantitative estimate of drug-likeness (QED) is 0.794. The molecule has 0 spiro atoms. The Kier molecular flexibility index (Phi) is 6.35. The molecule has 0 aliphatic carbocycles. The van der Waals surface area contributed by atoms with Gasteiger partial charge in [-0.1, -0.05) is 19.1 Å². The summed E-state index contributed by atoms with van der Waals surface area (Å²) in [7, 11) is 0. The minimum atomic E-state index is -0.411. The third kappa shape index (κ3) is 4.34. The summed E-state index contributed by atoms with van der Waals surface area (Å²) in [5.74, 6) is -0.217. The molecule has 1 saturated heterocycles. The number of carbonyl (C=O) groups excluding carboxylic acids is 3. The van der Waals surface area contributed by atoms with Crippen molar-refractivity contribution in [1.82, 2.24) is 15.5 Å². The van der Waals surface area contributed by atoms with Gasteiger partial charge in [0.05, 0.1) is 0 Å². The van der Waals surface area contributed by atoms with Gasteiger partial charge in [-0.3, -0.25) is 14.4 Å². The molecule has 0 radical (unpaired) electrons. The SMILES string of the molecule is CCNC(=O)c1cccc(CNC(=O)C(CC)N2CCCC2=O)c1. The van der Waals surface area contributed by atoms with E-state index in [0.29, 0.717) is 38.0 Å². The number of likely N-dealkylation sites (tertiary alicyclic amines) is 1. The van der Waals surface area contributed by atoms with Gasteiger partial charge in [0.15, 0.2) is 0 Å². The van der Waals surface area contributed by atoms with Crippen molar-refractivity contribution < 1.29 is 14.4 Å². The molecular formula is C18H25N3O3. The molecule has 0 saturated carbocycles. The van der Waals surface area contributed by atoms with Gasteiger partial charge < -0.3 is 15.5 Å². The number of hydrogen-bond donors (Lipinski definition) is 2. The second-order valence-electron chi connectivity index (χ2n) is 5.89. The van der Waals surface area contributed by atoms with Crippen molar-refractivity contribution in [3.05, 3.63) is 35.4 Å². The van der Waals surface area contributed by atoms with Gasteiger partial charge in [-0.2, -0.15) is 0 Å². The maximum Gasteiger partial charge on any atom is 0.251 e. The Labute approximate surface area is 142 Å². The summed E-state index contributed by atoms with van der Waals surface area (Å²) in [5.41, 5.74) is 1.43. The average Bonchev–Trinajstić information content (AvgIpc) is 3.00. The summed E-state index contributed by atoms with van der Waals surface area (Å²) in [6.07, 6.45) is 1.94. The Bertz CT molecular complexity index is 615. The van der Waals surface area contributed by atoms with Crippen LogP contribution in [0.25, 0.3) is 0 Å². The number of nitrogens with one attached hydrogen (secondary N) is 2. The van der Waals surface area contributed by atoms with E-state index in [0.717, 1.165) is 12.0 Å². The molecule has 0 bridgehead atoms. The van der Waals surface area contributed by atoms with Gasteiger partial charge >= 0.3 is 0 Å². The number of benzene rings is 1. The third-order valence-corrected chi connectivity index (χ3v) is 4.17. The molecule has 24 heavy (non-hydrogen) atoms. The van der Waals surface area contributed by atoms with E-state index < -0.39 is 6.04 Å². The Morgan fingerprint density at radius 1 is 1.25 bits per heavy atom. The van der Waals surface area contributed by atoms with Crippen LogP contribution in [0, 0.1) is 0 Å². The number of amides is 3. The molecule has 1 aromatic rings. The zero-order valence-corrected chi connectivity index (χ0v) is 14.3. The van der Waals surface area contributed by atoms with E-state index in [2.05, 4.69) is 10.6 Å². The maximum absolute atomic E-state index is 12.4. The molecule has 130 valence electrons. The van der Waals surface area contributed by atoms with Crippen LogP contribution in [-0.2, 0) is 16.1 Å². The first-order valence-electron chi connectivity index (χ1n) is 8.51. The van der Waals surface area contributed by atoms with Gasteiger partial charge in [0.1, 0.15) is 6.04 Å². The van der Waals surface area contributed by atoms with E-state index in [-0.39, 0.29) is 17.7 Å². The molecule has 2 rings (SSSR count). The fraction of sp³-hybridized carbons (Fsp3) is 0.500. The molecule has 1 unspecified atom stereocenters. The average molecular weight is 331 g/mol. The van der Waals surface area contributed by atoms with Gasteiger partial charge in [0.2, 0.25) is 11.8 Å². The second-order valence-corrected chi connectivity index (χ2v) is 5.89. The molecule has 2 N–H and O–H groups in total. The van der Waals surface area contributed by atoms with Crippen molar-refractivity contribution in [2.24, 2.45) is 0 Å². The lowest BCUT2D eigenvalue weighted by atomic mass is 10.1. The van der Waals surface area contributed by atoms with Gasteiger partial charge in [-0.05, 0) is 37.5 Å². The van der Waals surface area contributed by atoms with Crippen LogP contribution in [0.5, 0.6) is 0 Å². The van der Waals surface area contributed by atoms with Crippen LogP contribution in [0.2, 0.25) is 0 Å². The molecule has 3 amide bonds. The summed E-state index contributed by atoms with van der Waals surface area (Å²) in [6, 6.07) is 6.77. The molecule has 6 heteroatoms. The number of nitrogens with zero attached hydrogens (tertiary/aromatic N) is 1. The minimum Gasteiger partial charge on any atom is -0.352 e. The van der Waals surface area contributed by atoms with E-state index >= 15 is 0 Å². The minimum absolute atomic E-state index is 0.0511. The highest BCUT2D eigenvalue weighted by molar-refractivity contribution is 5.94. The highest BCUT2D eigenvalue weighted by Gasteiger charge is 2.31. The van der Waals surface area contributed by atoms with Crippen LogP contribution in [-0.4, -0.2) is 41.8 Å². The largest absolute Gasteiger partial charge is 0.352 e. The Morgan fingerprint density at radius 3 is 2.67 bits per heavy atom. The lowest BCUT2D eigenvalue weighted by Gasteiger charge is -2.25. The van der Waals surface area contributed by atoms with Crippen molar-refractivity contribution in [2.75, 3.05) is 13.1 Å². The van der Waals surface area contributed by atoms with E-state index in [1.807, 2.05) is 19.9 Å². The van der Waals surface area contributed by atoms with Gasteiger partial charge in [0, 0.05) is 31.6 Å². The van der Waals surface area contributed by atoms with Crippen LogP contribution in [0.15, 0.2) is 24.3 Å². The molecule has 6 nitrogen and oxygen atoms in total. The Morgan fingerprint density at radius 2 is 2.04 bits per heavy atom. The standard InChI is InChI=1S/C18H25N3O3/c1-3-15(21-10-6-9-16(21)22)18(24)20-12-13-7-5-8-14(11-13)17(23)19-4-2/h5,7-8,11,15H,3-4,6,9-10,12H2,1-2H3,(H,19,23)(H,20,24). The predicted molar refractivity (Wildman–Crippen MR) is 91.3 cm³/mol. The normalized spacial score (nSPS) is 15.2. The molecule has 1 fully saturated rings. The summed E-state index contributed by atoms with van der Waals surface area (Å²) < 4.78 is 0. The van der Waals surface area contributed by atoms with E-state index in [1.54, 1.807) is 23.1 Å². The first kappa shape index (κ1) is 18.0. The highest BCUT2D eigenvalue weighted by Crippen LogP contribution is 2.16. The van der Waals surface area contributed by atoms with Crippen molar-refractivity contribution in [2.45, 2.75) is 45.7 Å². The zero-order chi connectivity index (χ0) is 17.5. The van der Waals surface area contributed by atoms with Crippen LogP contribution >= 0.6 is 0 Å². The fourth-order valence-electron chi connectivity index (χ4n) is 2.94. The predicted octanol–water partition coefficient (Wildman–Crippen LogP) is 1.45. The van der Waals surface area contributed by atoms with Gasteiger partial charge in [0.25, 0.3) is 5.91 Å². The molecule has 1 aliphatic rings. The first-order valence-corrected chi connectivity index (χ1v) is 8.51. The van der Waals surface area contributed by atoms with E-state index in [9.17, 15) is 14.4 Å². The Balaban J connectivity index is 1.96. The van der Waals surface area contributed by atoms with Crippen molar-refractivity contribution >= 4 is 17.7 Å².